The number of benzene rings is 1. The van der Waals surface area contributed by atoms with Gasteiger partial charge >= 0.3 is 5.97 Å². The molecule has 4 N–H and O–H groups in total. The Kier molecular flexibility index (Phi) is 20.5. The molecule has 20 heteroatoms. The van der Waals surface area contributed by atoms with E-state index in [0.29, 0.717) is 32.4 Å². The van der Waals surface area contributed by atoms with Crippen LogP contribution in [0.15, 0.2) is 49.2 Å². The minimum absolute atomic E-state index is 0.0101. The first kappa shape index (κ1) is 60.6. The maximum absolute atomic E-state index is 15.3. The van der Waals surface area contributed by atoms with Gasteiger partial charge in [-0.25, -0.2) is 18.7 Å². The van der Waals surface area contributed by atoms with Crippen molar-refractivity contribution >= 4 is 5.97 Å². The normalized spacial score (nSPS) is 37.2. The molecule has 1 aromatic carbocycles. The predicted molar refractivity (Wildman–Crippen MR) is 276 cm³/mol. The molecule has 0 amide bonds. The molecule has 75 heavy (non-hydrogen) atoms. The van der Waals surface area contributed by atoms with E-state index in [2.05, 4.69) is 25.2 Å². The van der Waals surface area contributed by atoms with Crippen LogP contribution >= 0.6 is 0 Å². The average Bonchev–Trinajstić information content (AvgIpc) is 3.83. The maximum Gasteiger partial charge on any atom is 0.311 e. The van der Waals surface area contributed by atoms with Gasteiger partial charge in [0.25, 0.3) is 5.92 Å². The molecule has 422 valence electrons. The Hall–Kier alpha value is -3.67. The van der Waals surface area contributed by atoms with E-state index in [-0.39, 0.29) is 62.3 Å². The van der Waals surface area contributed by atoms with Crippen molar-refractivity contribution in [2.75, 3.05) is 34.3 Å². The third-order valence-corrected chi connectivity index (χ3v) is 16.4. The fraction of sp³-hybridized carbons (Fsp3) is 0.764. The Morgan fingerprint density at radius 1 is 0.920 bits per heavy atom. The van der Waals surface area contributed by atoms with Crippen LogP contribution in [0.5, 0.6) is 0 Å². The topological polar surface area (TPSA) is 216 Å². The number of hydrogen-bond donors (Lipinski definition) is 4. The number of likely N-dealkylation sites (N-methyl/N-ethyl adjacent to an activating group) is 2. The van der Waals surface area contributed by atoms with Crippen LogP contribution in [-0.2, 0) is 52.1 Å². The van der Waals surface area contributed by atoms with Gasteiger partial charge in [0.2, 0.25) is 0 Å². The molecule has 3 fully saturated rings. The van der Waals surface area contributed by atoms with E-state index in [9.17, 15) is 25.2 Å². The van der Waals surface area contributed by atoms with Gasteiger partial charge in [0.15, 0.2) is 12.6 Å². The van der Waals surface area contributed by atoms with E-state index in [4.69, 9.17) is 28.4 Å². The van der Waals surface area contributed by atoms with Crippen molar-refractivity contribution in [1.29, 1.82) is 0 Å². The SMILES string of the molecule is CC[C@H]1OC(=O)[C@H](C)[C@@H](O[C@H]2C[C@@](C)(OC)[C@@H](O)[C@H](C)O2)[C@H](C)[C@@H](O[C@H]2C[C@@H](N(C)CCc3cn(CCCC(F)(F)c4ccc(-c5cncnc5)cc4)nn3)C[C@@H](C)O2)[C@](C)(O)C[C@@H](C)CN(C)[C@H](C)[C@@H](O)[C@]1(C)O. The lowest BCUT2D eigenvalue weighted by Crippen LogP contribution is -2.59. The number of methoxy groups -OCH3 is 1. The zero-order valence-corrected chi connectivity index (χ0v) is 46.5. The van der Waals surface area contributed by atoms with Crippen molar-refractivity contribution < 1.29 is 62.4 Å². The van der Waals surface area contributed by atoms with Crippen LogP contribution in [0.25, 0.3) is 11.1 Å². The van der Waals surface area contributed by atoms with Crippen LogP contribution in [0.1, 0.15) is 125 Å². The molecule has 5 heterocycles. The van der Waals surface area contributed by atoms with E-state index in [1.54, 1.807) is 70.0 Å². The first-order valence-electron chi connectivity index (χ1n) is 26.9. The van der Waals surface area contributed by atoms with Crippen LogP contribution in [-0.4, -0.2) is 180 Å². The lowest BCUT2D eigenvalue weighted by molar-refractivity contribution is -0.308. The Morgan fingerprint density at radius 3 is 2.25 bits per heavy atom. The lowest BCUT2D eigenvalue weighted by Gasteiger charge is -2.48. The Balaban J connectivity index is 1.17. The molecule has 17 atom stereocenters. The molecule has 0 unspecified atom stereocenters. The molecule has 18 nitrogen and oxygen atoms in total. The number of cyclic esters (lactones) is 1. The van der Waals surface area contributed by atoms with E-state index < -0.39 is 95.8 Å². The Morgan fingerprint density at radius 2 is 1.60 bits per heavy atom. The Bertz CT molecular complexity index is 2250. The number of halogens is 2. The number of alkyl halides is 2. The molecule has 6 rings (SSSR count). The second-order valence-corrected chi connectivity index (χ2v) is 22.8. The minimum atomic E-state index is -3.02. The highest BCUT2D eigenvalue weighted by Gasteiger charge is 2.52. The second kappa shape index (κ2) is 25.4. The summed E-state index contributed by atoms with van der Waals surface area (Å²) in [6, 6.07) is 5.64. The van der Waals surface area contributed by atoms with Crippen molar-refractivity contribution in [1.82, 2.24) is 34.8 Å². The number of esters is 1. The van der Waals surface area contributed by atoms with Crippen LogP contribution < -0.4 is 0 Å². The molecule has 3 aliphatic rings. The van der Waals surface area contributed by atoms with Crippen molar-refractivity contribution in [3.8, 4) is 11.1 Å². The first-order chi connectivity index (χ1) is 35.2. The van der Waals surface area contributed by atoms with Gasteiger partial charge < -0.3 is 58.6 Å². The standard InChI is InChI=1S/C55H87F2N7O11/c1-14-44-54(10,69)48(65)37(6)63(12)30-33(2)26-52(8,68)50(35(4)47(36(5)51(67)73-44)74-46-27-53(9,70-13)49(66)38(7)72-46)75-45-25-43(24-34(3)71-45)62(11)23-20-42-31-64(61-60-42)22-15-21-55(56,57)41-18-16-39(17-19-41)40-28-58-32-59-29-40/h16-19,28-29,31-38,43-50,65-66,68-69H,14-15,20-27,30H2,1-13H3/t33-,34-,35+,36-,37-,38+,43+,44-,45+,46+,47+,48-,49+,50-,52-,53-,54-/m1/s1. The third-order valence-electron chi connectivity index (χ3n) is 16.4. The van der Waals surface area contributed by atoms with Crippen molar-refractivity contribution in [3.63, 3.8) is 0 Å². The molecule has 2 aromatic heterocycles. The number of carbonyl (C=O) groups excluding carboxylic acids is 1. The van der Waals surface area contributed by atoms with Gasteiger partial charge in [-0.15, -0.1) is 5.10 Å². The summed E-state index contributed by atoms with van der Waals surface area (Å²) in [5.41, 5.74) is -2.22. The summed E-state index contributed by atoms with van der Waals surface area (Å²) in [6.07, 6.45) is 0.605. The lowest BCUT2D eigenvalue weighted by atomic mass is 9.77. The number of aryl methyl sites for hydroxylation is 1. The van der Waals surface area contributed by atoms with Gasteiger partial charge in [0.1, 0.15) is 30.2 Å². The van der Waals surface area contributed by atoms with Gasteiger partial charge in [-0.1, -0.05) is 50.3 Å². The molecular weight excluding hydrogens is 973 g/mol. The maximum atomic E-state index is 15.3. The number of aliphatic hydroxyl groups excluding tert-OH is 2. The van der Waals surface area contributed by atoms with Crippen LogP contribution in [0, 0.1) is 17.8 Å². The monoisotopic (exact) mass is 1060 g/mol. The van der Waals surface area contributed by atoms with Crippen LogP contribution in [0.2, 0.25) is 0 Å². The average molecular weight is 1060 g/mol. The first-order valence-corrected chi connectivity index (χ1v) is 26.9. The molecule has 3 saturated heterocycles. The van der Waals surface area contributed by atoms with Gasteiger partial charge in [0, 0.05) is 100 Å². The summed E-state index contributed by atoms with van der Waals surface area (Å²) in [6.45, 7) is 19.2. The zero-order chi connectivity index (χ0) is 55.2. The van der Waals surface area contributed by atoms with E-state index in [0.717, 1.165) is 16.8 Å². The van der Waals surface area contributed by atoms with Gasteiger partial charge in [-0.05, 0) is 99.7 Å². The van der Waals surface area contributed by atoms with Crippen molar-refractivity contribution in [3.05, 3.63) is 60.4 Å². The summed E-state index contributed by atoms with van der Waals surface area (Å²) in [5, 5.41) is 56.1. The summed E-state index contributed by atoms with van der Waals surface area (Å²) >= 11 is 0. The number of nitrogens with zero attached hydrogens (tertiary/aromatic N) is 7. The summed E-state index contributed by atoms with van der Waals surface area (Å²) < 4.78 is 70.8. The highest BCUT2D eigenvalue weighted by Crippen LogP contribution is 2.41. The summed E-state index contributed by atoms with van der Waals surface area (Å²) in [4.78, 5) is 26.7. The number of aromatic nitrogens is 5. The number of ether oxygens (including phenoxy) is 6. The molecule has 0 radical (unpaired) electrons. The number of carbonyl (C=O) groups is 1. The van der Waals surface area contributed by atoms with Gasteiger partial charge in [0.05, 0.1) is 47.2 Å². The quantitative estimate of drug-likeness (QED) is 0.118. The smallest absolute Gasteiger partial charge is 0.311 e. The number of rotatable bonds is 16. The summed E-state index contributed by atoms with van der Waals surface area (Å²) in [7, 11) is 5.39. The second-order valence-electron chi connectivity index (χ2n) is 22.8. The van der Waals surface area contributed by atoms with E-state index in [1.165, 1.54) is 32.5 Å². The largest absolute Gasteiger partial charge is 0.459 e. The zero-order valence-electron chi connectivity index (χ0n) is 46.5. The third kappa shape index (κ3) is 14.9. The highest BCUT2D eigenvalue weighted by atomic mass is 19.3. The van der Waals surface area contributed by atoms with E-state index >= 15 is 8.78 Å². The molecular formula is C55H87F2N7O11. The minimum Gasteiger partial charge on any atom is -0.459 e. The van der Waals surface area contributed by atoms with Crippen LogP contribution in [0.4, 0.5) is 8.78 Å². The van der Waals surface area contributed by atoms with Crippen LogP contribution in [0.3, 0.4) is 0 Å². The van der Waals surface area contributed by atoms with E-state index in [1.807, 2.05) is 46.7 Å². The summed E-state index contributed by atoms with van der Waals surface area (Å²) in [5.74, 6) is -5.61. The highest BCUT2D eigenvalue weighted by molar-refractivity contribution is 5.73. The van der Waals surface area contributed by atoms with Crippen molar-refractivity contribution in [2.45, 2.75) is 217 Å². The van der Waals surface area contributed by atoms with Gasteiger partial charge in [-0.2, -0.15) is 0 Å². The van der Waals surface area contributed by atoms with Gasteiger partial charge in [-0.3, -0.25) is 9.48 Å². The van der Waals surface area contributed by atoms with Crippen molar-refractivity contribution in [2.24, 2.45) is 17.8 Å². The molecule has 0 spiro atoms. The molecule has 3 aliphatic heterocycles. The molecule has 0 saturated carbocycles. The number of hydrogen-bond acceptors (Lipinski definition) is 17. The molecule has 0 bridgehead atoms. The Labute approximate surface area is 442 Å². The fourth-order valence-electron chi connectivity index (χ4n) is 11.6. The molecule has 3 aromatic rings. The number of aliphatic hydroxyl groups is 4. The molecule has 0 aliphatic carbocycles. The predicted octanol–water partition coefficient (Wildman–Crippen LogP) is 6.16. The fourth-order valence-corrected chi connectivity index (χ4v) is 11.6.